The summed E-state index contributed by atoms with van der Waals surface area (Å²) in [6.45, 7) is 14.9. The van der Waals surface area contributed by atoms with Crippen LogP contribution in [0.15, 0.2) is 4.99 Å². The first-order valence-corrected chi connectivity index (χ1v) is 10.6. The van der Waals surface area contributed by atoms with Crippen molar-refractivity contribution in [3.05, 3.63) is 0 Å². The zero-order valence-electron chi connectivity index (χ0n) is 17.5. The highest BCUT2D eigenvalue weighted by atomic mass is 16.5. The zero-order valence-corrected chi connectivity index (χ0v) is 17.5. The highest BCUT2D eigenvalue weighted by Gasteiger charge is 2.28. The van der Waals surface area contributed by atoms with Crippen LogP contribution in [0.5, 0.6) is 0 Å². The normalized spacial score (nSPS) is 23.4. The topological polar surface area (TPSA) is 52.1 Å². The van der Waals surface area contributed by atoms with Crippen molar-refractivity contribution in [2.75, 3.05) is 59.5 Å². The number of nitrogens with one attached hydrogen (secondary N) is 2. The van der Waals surface area contributed by atoms with E-state index in [-0.39, 0.29) is 5.54 Å². The number of ether oxygens (including phenoxy) is 1. The Kier molecular flexibility index (Phi) is 9.16. The molecule has 1 unspecified atom stereocenters. The lowest BCUT2D eigenvalue weighted by atomic mass is 9.99. The molecular formula is C20H41N5O. The van der Waals surface area contributed by atoms with Crippen molar-refractivity contribution in [2.24, 2.45) is 4.99 Å². The van der Waals surface area contributed by atoms with Gasteiger partial charge in [-0.3, -0.25) is 14.8 Å². The summed E-state index contributed by atoms with van der Waals surface area (Å²) in [5.74, 6) is 0.955. The zero-order chi connectivity index (χ0) is 18.8. The third-order valence-electron chi connectivity index (χ3n) is 5.77. The molecule has 6 heteroatoms. The molecule has 0 aromatic rings. The SMILES string of the molecule is CCNC(=NCC(C)(C)N1CCCCC1)NCC1CCCN1CCOC. The molecule has 0 aromatic heterocycles. The molecule has 2 saturated heterocycles. The third kappa shape index (κ3) is 6.71. The average molecular weight is 368 g/mol. The number of hydrogen-bond donors (Lipinski definition) is 2. The fraction of sp³-hybridized carbons (Fsp3) is 0.950. The van der Waals surface area contributed by atoms with Crippen LogP contribution < -0.4 is 10.6 Å². The molecule has 26 heavy (non-hydrogen) atoms. The second-order valence-corrected chi connectivity index (χ2v) is 8.26. The average Bonchev–Trinajstić information content (AvgIpc) is 3.10. The molecule has 2 N–H and O–H groups in total. The van der Waals surface area contributed by atoms with Gasteiger partial charge in [0.25, 0.3) is 0 Å². The van der Waals surface area contributed by atoms with Crippen molar-refractivity contribution in [3.8, 4) is 0 Å². The highest BCUT2D eigenvalue weighted by molar-refractivity contribution is 5.79. The van der Waals surface area contributed by atoms with Crippen LogP contribution in [-0.4, -0.2) is 86.9 Å². The molecule has 2 heterocycles. The van der Waals surface area contributed by atoms with Crippen molar-refractivity contribution in [3.63, 3.8) is 0 Å². The molecule has 2 aliphatic heterocycles. The number of aliphatic imine (C=N–C) groups is 1. The monoisotopic (exact) mass is 367 g/mol. The number of likely N-dealkylation sites (tertiary alicyclic amines) is 2. The number of hydrogen-bond acceptors (Lipinski definition) is 4. The van der Waals surface area contributed by atoms with Crippen molar-refractivity contribution in [1.29, 1.82) is 0 Å². The Bertz CT molecular complexity index is 420. The Morgan fingerprint density at radius 1 is 1.12 bits per heavy atom. The van der Waals surface area contributed by atoms with Gasteiger partial charge in [0.15, 0.2) is 5.96 Å². The summed E-state index contributed by atoms with van der Waals surface area (Å²) in [5, 5.41) is 7.00. The van der Waals surface area contributed by atoms with E-state index >= 15 is 0 Å². The summed E-state index contributed by atoms with van der Waals surface area (Å²) in [6.07, 6.45) is 6.57. The van der Waals surface area contributed by atoms with Gasteiger partial charge in [0.05, 0.1) is 13.2 Å². The molecule has 1 atom stereocenters. The van der Waals surface area contributed by atoms with E-state index in [0.717, 1.165) is 38.7 Å². The molecule has 2 aliphatic rings. The fourth-order valence-corrected chi connectivity index (χ4v) is 4.06. The Balaban J connectivity index is 1.85. The molecule has 2 rings (SSSR count). The maximum absolute atomic E-state index is 5.25. The highest BCUT2D eigenvalue weighted by Crippen LogP contribution is 2.21. The van der Waals surface area contributed by atoms with Crippen LogP contribution in [0.1, 0.15) is 52.9 Å². The first-order chi connectivity index (χ1) is 12.6. The molecule has 0 aliphatic carbocycles. The number of piperidine rings is 1. The van der Waals surface area contributed by atoms with Crippen molar-refractivity contribution in [2.45, 2.75) is 64.5 Å². The molecule has 152 valence electrons. The van der Waals surface area contributed by atoms with Gasteiger partial charge in [0.1, 0.15) is 0 Å². The summed E-state index contributed by atoms with van der Waals surface area (Å²) in [7, 11) is 1.78. The van der Waals surface area contributed by atoms with E-state index in [0.29, 0.717) is 6.04 Å². The van der Waals surface area contributed by atoms with E-state index in [1.807, 2.05) is 0 Å². The lowest BCUT2D eigenvalue weighted by Crippen LogP contribution is -2.50. The molecule has 0 bridgehead atoms. The first kappa shape index (κ1) is 21.5. The number of rotatable bonds is 9. The molecule has 0 radical (unpaired) electrons. The van der Waals surface area contributed by atoms with Gasteiger partial charge < -0.3 is 15.4 Å². The molecule has 0 amide bonds. The second-order valence-electron chi connectivity index (χ2n) is 8.26. The Morgan fingerprint density at radius 3 is 2.58 bits per heavy atom. The predicted molar refractivity (Wildman–Crippen MR) is 110 cm³/mol. The second kappa shape index (κ2) is 11.1. The summed E-state index contributed by atoms with van der Waals surface area (Å²) >= 11 is 0. The van der Waals surface area contributed by atoms with Crippen LogP contribution in [0.4, 0.5) is 0 Å². The van der Waals surface area contributed by atoms with E-state index in [9.17, 15) is 0 Å². The van der Waals surface area contributed by atoms with Crippen LogP contribution >= 0.6 is 0 Å². The maximum atomic E-state index is 5.25. The summed E-state index contributed by atoms with van der Waals surface area (Å²) in [4.78, 5) is 10.1. The van der Waals surface area contributed by atoms with Crippen molar-refractivity contribution < 1.29 is 4.74 Å². The molecule has 6 nitrogen and oxygen atoms in total. The maximum Gasteiger partial charge on any atom is 0.191 e. The fourth-order valence-electron chi connectivity index (χ4n) is 4.06. The minimum absolute atomic E-state index is 0.126. The van der Waals surface area contributed by atoms with Crippen molar-refractivity contribution in [1.82, 2.24) is 20.4 Å². The largest absolute Gasteiger partial charge is 0.383 e. The van der Waals surface area contributed by atoms with Crippen LogP contribution in [0.25, 0.3) is 0 Å². The Labute approximate surface area is 160 Å². The lowest BCUT2D eigenvalue weighted by molar-refractivity contribution is 0.102. The van der Waals surface area contributed by atoms with Crippen LogP contribution in [0.3, 0.4) is 0 Å². The standard InChI is InChI=1S/C20H41N5O/c1-5-21-19(22-16-18-10-9-11-24(18)14-15-26-4)23-17-20(2,3)25-12-7-6-8-13-25/h18H,5-17H2,1-4H3,(H2,21,22,23). The number of guanidine groups is 1. The van der Waals surface area contributed by atoms with Crippen LogP contribution in [-0.2, 0) is 4.74 Å². The van der Waals surface area contributed by atoms with E-state index in [1.165, 1.54) is 51.7 Å². The molecule has 0 aromatic carbocycles. The van der Waals surface area contributed by atoms with Gasteiger partial charge in [-0.1, -0.05) is 6.42 Å². The summed E-state index contributed by atoms with van der Waals surface area (Å²) < 4.78 is 5.25. The van der Waals surface area contributed by atoms with E-state index in [2.05, 4.69) is 41.2 Å². The van der Waals surface area contributed by atoms with Gasteiger partial charge in [-0.25, -0.2) is 0 Å². The molecule has 0 saturated carbocycles. The van der Waals surface area contributed by atoms with Crippen LogP contribution in [0, 0.1) is 0 Å². The van der Waals surface area contributed by atoms with Crippen molar-refractivity contribution >= 4 is 5.96 Å². The van der Waals surface area contributed by atoms with E-state index in [1.54, 1.807) is 7.11 Å². The number of nitrogens with zero attached hydrogens (tertiary/aromatic N) is 3. The van der Waals surface area contributed by atoms with Gasteiger partial charge in [-0.05, 0) is 66.1 Å². The van der Waals surface area contributed by atoms with Crippen LogP contribution in [0.2, 0.25) is 0 Å². The molecule has 2 fully saturated rings. The number of methoxy groups -OCH3 is 1. The van der Waals surface area contributed by atoms with Gasteiger partial charge in [0, 0.05) is 38.3 Å². The molecule has 0 spiro atoms. The summed E-state index contributed by atoms with van der Waals surface area (Å²) in [6, 6.07) is 0.587. The Morgan fingerprint density at radius 2 is 1.88 bits per heavy atom. The smallest absolute Gasteiger partial charge is 0.191 e. The minimum atomic E-state index is 0.126. The summed E-state index contributed by atoms with van der Waals surface area (Å²) in [5.41, 5.74) is 0.126. The first-order valence-electron chi connectivity index (χ1n) is 10.6. The third-order valence-corrected chi connectivity index (χ3v) is 5.77. The minimum Gasteiger partial charge on any atom is -0.383 e. The van der Waals surface area contributed by atoms with Gasteiger partial charge in [0.2, 0.25) is 0 Å². The lowest BCUT2D eigenvalue weighted by Gasteiger charge is -2.40. The van der Waals surface area contributed by atoms with E-state index in [4.69, 9.17) is 9.73 Å². The van der Waals surface area contributed by atoms with Gasteiger partial charge in [-0.15, -0.1) is 0 Å². The van der Waals surface area contributed by atoms with E-state index < -0.39 is 0 Å². The quantitative estimate of drug-likeness (QED) is 0.482. The molecular weight excluding hydrogens is 326 g/mol. The van der Waals surface area contributed by atoms with Gasteiger partial charge >= 0.3 is 0 Å². The Hall–Kier alpha value is -0.850. The predicted octanol–water partition coefficient (Wildman–Crippen LogP) is 1.92. The van der Waals surface area contributed by atoms with Gasteiger partial charge in [-0.2, -0.15) is 0 Å².